The fraction of sp³-hybridized carbons (Fsp3) is 0.562. The van der Waals surface area contributed by atoms with Crippen LogP contribution < -0.4 is 4.74 Å². The number of aliphatic carboxylic acids is 1. The van der Waals surface area contributed by atoms with Crippen molar-refractivity contribution in [2.75, 3.05) is 7.11 Å². The molecule has 1 rings (SSSR count). The van der Waals surface area contributed by atoms with Crippen molar-refractivity contribution in [1.82, 2.24) is 0 Å². The van der Waals surface area contributed by atoms with E-state index in [4.69, 9.17) is 4.74 Å². The molecule has 106 valence electrons. The second kappa shape index (κ2) is 7.17. The number of ether oxygens (including phenoxy) is 1. The van der Waals surface area contributed by atoms with Crippen molar-refractivity contribution in [1.29, 1.82) is 0 Å². The zero-order valence-corrected chi connectivity index (χ0v) is 12.1. The summed E-state index contributed by atoms with van der Waals surface area (Å²) in [6, 6.07) is 7.68. The summed E-state index contributed by atoms with van der Waals surface area (Å²) >= 11 is 0. The normalized spacial score (nSPS) is 13.8. The van der Waals surface area contributed by atoms with Gasteiger partial charge in [-0.3, -0.25) is 4.79 Å². The summed E-state index contributed by atoms with van der Waals surface area (Å²) < 4.78 is 5.33. The van der Waals surface area contributed by atoms with Gasteiger partial charge < -0.3 is 9.84 Å². The molecular weight excluding hydrogens is 240 g/mol. The summed E-state index contributed by atoms with van der Waals surface area (Å²) in [5, 5.41) is 9.63. The maximum Gasteiger partial charge on any atom is 0.309 e. The molecule has 0 fully saturated rings. The third kappa shape index (κ3) is 3.72. The Morgan fingerprint density at radius 3 is 2.53 bits per heavy atom. The lowest BCUT2D eigenvalue weighted by Crippen LogP contribution is -2.33. The summed E-state index contributed by atoms with van der Waals surface area (Å²) in [6.45, 7) is 4.05. The van der Waals surface area contributed by atoms with Crippen molar-refractivity contribution in [3.05, 3.63) is 29.8 Å². The molecule has 0 aliphatic heterocycles. The number of para-hydroxylation sites is 1. The molecule has 1 N–H and O–H groups in total. The van der Waals surface area contributed by atoms with Crippen LogP contribution in [0.3, 0.4) is 0 Å². The fourth-order valence-corrected chi connectivity index (χ4v) is 2.45. The predicted octanol–water partition coefficient (Wildman–Crippen LogP) is 3.91. The molecule has 0 amide bonds. The van der Waals surface area contributed by atoms with Gasteiger partial charge in [0.25, 0.3) is 0 Å². The molecule has 3 heteroatoms. The van der Waals surface area contributed by atoms with Gasteiger partial charge in [-0.15, -0.1) is 0 Å². The number of methoxy groups -OCH3 is 1. The minimum atomic E-state index is -0.700. The van der Waals surface area contributed by atoms with Crippen LogP contribution in [0.5, 0.6) is 5.75 Å². The molecule has 1 unspecified atom stereocenters. The van der Waals surface area contributed by atoms with Gasteiger partial charge in [0.05, 0.1) is 12.5 Å². The van der Waals surface area contributed by atoms with Crippen molar-refractivity contribution in [3.8, 4) is 5.75 Å². The van der Waals surface area contributed by atoms with E-state index in [0.717, 1.165) is 24.2 Å². The van der Waals surface area contributed by atoms with Gasteiger partial charge in [-0.25, -0.2) is 0 Å². The molecule has 0 saturated carbocycles. The first-order valence-corrected chi connectivity index (χ1v) is 6.95. The number of unbranched alkanes of at least 4 members (excludes halogenated alkanes) is 1. The highest BCUT2D eigenvalue weighted by Gasteiger charge is 2.36. The third-order valence-corrected chi connectivity index (χ3v) is 3.86. The molecule has 0 saturated heterocycles. The number of rotatable bonds is 8. The van der Waals surface area contributed by atoms with Gasteiger partial charge in [0.2, 0.25) is 0 Å². The van der Waals surface area contributed by atoms with Gasteiger partial charge in [0.1, 0.15) is 5.75 Å². The number of carboxylic acids is 1. The number of carboxylic acid groups (broad SMARTS) is 1. The lowest BCUT2D eigenvalue weighted by atomic mass is 9.75. The van der Waals surface area contributed by atoms with Crippen LogP contribution in [-0.4, -0.2) is 18.2 Å². The van der Waals surface area contributed by atoms with E-state index < -0.39 is 11.4 Å². The Kier molecular flexibility index (Phi) is 5.87. The molecule has 0 radical (unpaired) electrons. The number of carbonyl (C=O) groups is 1. The van der Waals surface area contributed by atoms with E-state index in [9.17, 15) is 9.90 Å². The Morgan fingerprint density at radius 2 is 2.00 bits per heavy atom. The summed E-state index contributed by atoms with van der Waals surface area (Å²) in [6.07, 6.45) is 3.84. The second-order valence-corrected chi connectivity index (χ2v) is 5.03. The smallest absolute Gasteiger partial charge is 0.309 e. The highest BCUT2D eigenvalue weighted by Crippen LogP contribution is 2.36. The Balaban J connectivity index is 3.02. The van der Waals surface area contributed by atoms with Crippen LogP contribution in [0.4, 0.5) is 0 Å². The zero-order chi connectivity index (χ0) is 14.3. The van der Waals surface area contributed by atoms with Crippen molar-refractivity contribution in [2.45, 2.75) is 46.0 Å². The largest absolute Gasteiger partial charge is 0.496 e. The van der Waals surface area contributed by atoms with Crippen LogP contribution in [0.15, 0.2) is 24.3 Å². The monoisotopic (exact) mass is 264 g/mol. The average Bonchev–Trinajstić information content (AvgIpc) is 2.43. The molecule has 1 aromatic carbocycles. The molecule has 19 heavy (non-hydrogen) atoms. The van der Waals surface area contributed by atoms with E-state index >= 15 is 0 Å². The average molecular weight is 264 g/mol. The molecule has 3 nitrogen and oxygen atoms in total. The SMILES string of the molecule is CCCCC(CC)(Cc1ccccc1OC)C(=O)O. The summed E-state index contributed by atoms with van der Waals surface area (Å²) in [5.74, 6) is 0.0763. The van der Waals surface area contributed by atoms with Gasteiger partial charge >= 0.3 is 5.97 Å². The van der Waals surface area contributed by atoms with E-state index in [1.165, 1.54) is 0 Å². The second-order valence-electron chi connectivity index (χ2n) is 5.03. The minimum Gasteiger partial charge on any atom is -0.496 e. The summed E-state index contributed by atoms with van der Waals surface area (Å²) in [4.78, 5) is 11.7. The molecule has 1 atom stereocenters. The van der Waals surface area contributed by atoms with Crippen LogP contribution in [0, 0.1) is 5.41 Å². The first kappa shape index (κ1) is 15.5. The van der Waals surface area contributed by atoms with E-state index in [2.05, 4.69) is 6.92 Å². The summed E-state index contributed by atoms with van der Waals surface area (Å²) in [5.41, 5.74) is 0.301. The van der Waals surface area contributed by atoms with Crippen LogP contribution in [0.1, 0.15) is 45.1 Å². The van der Waals surface area contributed by atoms with Crippen molar-refractivity contribution in [3.63, 3.8) is 0 Å². The minimum absolute atomic E-state index is 0.531. The highest BCUT2D eigenvalue weighted by atomic mass is 16.5. The number of hydrogen-bond donors (Lipinski definition) is 1. The Bertz CT molecular complexity index is 414. The standard InChI is InChI=1S/C16H24O3/c1-4-6-11-16(5-2,15(17)18)12-13-9-7-8-10-14(13)19-3/h7-10H,4-6,11-12H2,1-3H3,(H,17,18). The molecular formula is C16H24O3. The fourth-order valence-electron chi connectivity index (χ4n) is 2.45. The van der Waals surface area contributed by atoms with Crippen LogP contribution in [-0.2, 0) is 11.2 Å². The molecule has 0 spiro atoms. The third-order valence-electron chi connectivity index (χ3n) is 3.86. The Labute approximate surface area is 115 Å². The van der Waals surface area contributed by atoms with E-state index in [1.807, 2.05) is 31.2 Å². The highest BCUT2D eigenvalue weighted by molar-refractivity contribution is 5.75. The van der Waals surface area contributed by atoms with Crippen LogP contribution >= 0.6 is 0 Å². The first-order valence-electron chi connectivity index (χ1n) is 6.95. The zero-order valence-electron chi connectivity index (χ0n) is 12.1. The van der Waals surface area contributed by atoms with Crippen molar-refractivity contribution < 1.29 is 14.6 Å². The maximum atomic E-state index is 11.7. The number of benzene rings is 1. The molecule has 1 aromatic rings. The molecule has 0 aliphatic rings. The first-order chi connectivity index (χ1) is 9.09. The molecule has 0 aromatic heterocycles. The van der Waals surface area contributed by atoms with Crippen LogP contribution in [0.25, 0.3) is 0 Å². The predicted molar refractivity (Wildman–Crippen MR) is 76.6 cm³/mol. The number of hydrogen-bond acceptors (Lipinski definition) is 2. The van der Waals surface area contributed by atoms with Crippen molar-refractivity contribution in [2.24, 2.45) is 5.41 Å². The van der Waals surface area contributed by atoms with Gasteiger partial charge in [0, 0.05) is 0 Å². The Morgan fingerprint density at radius 1 is 1.32 bits per heavy atom. The Hall–Kier alpha value is -1.51. The van der Waals surface area contributed by atoms with Gasteiger partial charge in [-0.2, -0.15) is 0 Å². The molecule has 0 heterocycles. The molecule has 0 aliphatic carbocycles. The van der Waals surface area contributed by atoms with Crippen LogP contribution in [0.2, 0.25) is 0 Å². The van der Waals surface area contributed by atoms with E-state index in [-0.39, 0.29) is 0 Å². The lowest BCUT2D eigenvalue weighted by molar-refractivity contribution is -0.149. The topological polar surface area (TPSA) is 46.5 Å². The van der Waals surface area contributed by atoms with Gasteiger partial charge in [-0.05, 0) is 30.9 Å². The van der Waals surface area contributed by atoms with Gasteiger partial charge in [0.15, 0.2) is 0 Å². The molecule has 0 bridgehead atoms. The lowest BCUT2D eigenvalue weighted by Gasteiger charge is -2.29. The van der Waals surface area contributed by atoms with E-state index in [1.54, 1.807) is 7.11 Å². The van der Waals surface area contributed by atoms with Gasteiger partial charge in [-0.1, -0.05) is 44.9 Å². The maximum absolute atomic E-state index is 11.7. The van der Waals surface area contributed by atoms with Crippen molar-refractivity contribution >= 4 is 5.97 Å². The summed E-state index contributed by atoms with van der Waals surface area (Å²) in [7, 11) is 1.62. The van der Waals surface area contributed by atoms with E-state index in [0.29, 0.717) is 19.3 Å². The quantitative estimate of drug-likeness (QED) is 0.774.